The van der Waals surface area contributed by atoms with Gasteiger partial charge < -0.3 is 24.1 Å². The first kappa shape index (κ1) is 23.6. The van der Waals surface area contributed by atoms with Crippen LogP contribution in [0.5, 0.6) is 0 Å². The minimum atomic E-state index is -3.65. The van der Waals surface area contributed by atoms with E-state index in [1.165, 1.54) is 13.8 Å². The number of esters is 3. The van der Waals surface area contributed by atoms with E-state index in [4.69, 9.17) is 14.2 Å². The largest absolute Gasteiger partial charge is 0.458 e. The number of carbonyl (C=O) groups excluding carboxylic acids is 4. The molecule has 0 spiro atoms. The van der Waals surface area contributed by atoms with Crippen molar-refractivity contribution >= 4 is 36.3 Å². The third kappa shape index (κ3) is 4.90. The molecule has 2 rings (SSSR count). The average molecular weight is 439 g/mol. The van der Waals surface area contributed by atoms with Crippen molar-refractivity contribution in [2.75, 3.05) is 0 Å². The van der Waals surface area contributed by atoms with Crippen LogP contribution in [0.1, 0.15) is 34.6 Å². The van der Waals surface area contributed by atoms with E-state index >= 15 is 0 Å². The third-order valence-electron chi connectivity index (χ3n) is 4.86. The quantitative estimate of drug-likeness (QED) is 0.414. The van der Waals surface area contributed by atoms with Crippen LogP contribution in [0.2, 0.25) is 0 Å². The molecule has 0 bridgehead atoms. The van der Waals surface area contributed by atoms with Crippen LogP contribution in [-0.2, 0) is 38.0 Å². The molecule has 0 aromatic heterocycles. The molecule has 30 heavy (non-hydrogen) atoms. The zero-order valence-electron chi connectivity index (χ0n) is 17.5. The normalized spacial score (nSPS) is 30.6. The van der Waals surface area contributed by atoms with Gasteiger partial charge in [0.2, 0.25) is 5.91 Å². The summed E-state index contributed by atoms with van der Waals surface area (Å²) >= 11 is 0. The lowest BCUT2D eigenvalue weighted by atomic mass is 10.0. The standard InChI is InChI=1S/C20H26NO8P/c1-11-18(27-13(3)23)19(28-14(4)24)17(21-12(2)22)20(29-15(5)25)30(11,26)16-9-7-6-8-10-16/h6-11,17-20H,1-5H3,(H,21,22)/t11-,17-,18+,19-,20+,30+/m0/s1. The summed E-state index contributed by atoms with van der Waals surface area (Å²) in [4.78, 5) is 47.4. The van der Waals surface area contributed by atoms with E-state index in [-0.39, 0.29) is 0 Å². The van der Waals surface area contributed by atoms with Gasteiger partial charge in [-0.05, 0) is 0 Å². The van der Waals surface area contributed by atoms with Gasteiger partial charge in [-0.2, -0.15) is 0 Å². The molecule has 10 heteroatoms. The van der Waals surface area contributed by atoms with Crippen LogP contribution in [0.4, 0.5) is 0 Å². The number of hydrogen-bond donors (Lipinski definition) is 1. The topological polar surface area (TPSA) is 125 Å². The lowest BCUT2D eigenvalue weighted by molar-refractivity contribution is -0.174. The second-order valence-electron chi connectivity index (χ2n) is 7.16. The van der Waals surface area contributed by atoms with E-state index in [0.717, 1.165) is 13.8 Å². The van der Waals surface area contributed by atoms with Crippen molar-refractivity contribution in [1.29, 1.82) is 0 Å². The molecule has 1 fully saturated rings. The van der Waals surface area contributed by atoms with Crippen molar-refractivity contribution in [2.24, 2.45) is 0 Å². The van der Waals surface area contributed by atoms with Gasteiger partial charge >= 0.3 is 17.9 Å². The predicted octanol–water partition coefficient (Wildman–Crippen LogP) is 1.33. The maximum atomic E-state index is 14.5. The van der Waals surface area contributed by atoms with Gasteiger partial charge in [0.25, 0.3) is 0 Å². The summed E-state index contributed by atoms with van der Waals surface area (Å²) in [5, 5.41) is 2.97. The first-order valence-corrected chi connectivity index (χ1v) is 11.3. The zero-order valence-corrected chi connectivity index (χ0v) is 18.4. The SMILES string of the molecule is CC(=O)N[C@H]1[C@H](OC(C)=O)[C@H](OC(C)=O)[C@H](C)[P@@](=O)(c2ccccc2)[C@H]1OC(C)=O. The molecular weight excluding hydrogens is 413 g/mol. The van der Waals surface area contributed by atoms with Crippen molar-refractivity contribution in [3.63, 3.8) is 0 Å². The molecule has 1 aromatic carbocycles. The van der Waals surface area contributed by atoms with Crippen molar-refractivity contribution < 1.29 is 38.0 Å². The summed E-state index contributed by atoms with van der Waals surface area (Å²) in [6, 6.07) is 7.15. The number of amides is 1. The maximum Gasteiger partial charge on any atom is 0.303 e. The van der Waals surface area contributed by atoms with E-state index in [9.17, 15) is 23.7 Å². The molecule has 6 atom stereocenters. The fraction of sp³-hybridized carbons (Fsp3) is 0.500. The minimum Gasteiger partial charge on any atom is -0.458 e. The summed E-state index contributed by atoms with van der Waals surface area (Å²) in [7, 11) is -3.65. The fourth-order valence-electron chi connectivity index (χ4n) is 3.77. The van der Waals surface area contributed by atoms with Crippen LogP contribution >= 0.6 is 7.14 Å². The number of benzene rings is 1. The molecule has 0 radical (unpaired) electrons. The Bertz CT molecular complexity index is 871. The molecular formula is C20H26NO8P. The maximum absolute atomic E-state index is 14.5. The van der Waals surface area contributed by atoms with Gasteiger partial charge in [-0.3, -0.25) is 19.2 Å². The summed E-state index contributed by atoms with van der Waals surface area (Å²) in [6.45, 7) is 6.30. The minimum absolute atomic E-state index is 0.387. The first-order chi connectivity index (χ1) is 14.0. The van der Waals surface area contributed by atoms with Crippen LogP contribution in [0.15, 0.2) is 30.3 Å². The number of hydrogen-bond acceptors (Lipinski definition) is 8. The molecule has 1 heterocycles. The van der Waals surface area contributed by atoms with Gasteiger partial charge in [0, 0.05) is 33.0 Å². The Hall–Kier alpha value is -2.67. The van der Waals surface area contributed by atoms with E-state index in [2.05, 4.69) is 5.32 Å². The highest BCUT2D eigenvalue weighted by molar-refractivity contribution is 7.73. The molecule has 1 amide bonds. The third-order valence-corrected chi connectivity index (χ3v) is 8.66. The van der Waals surface area contributed by atoms with Crippen LogP contribution < -0.4 is 10.6 Å². The van der Waals surface area contributed by atoms with E-state index in [1.54, 1.807) is 37.3 Å². The van der Waals surface area contributed by atoms with Crippen LogP contribution in [0, 0.1) is 0 Å². The lowest BCUT2D eigenvalue weighted by Crippen LogP contribution is -2.64. The monoisotopic (exact) mass is 439 g/mol. The van der Waals surface area contributed by atoms with Gasteiger partial charge in [-0.15, -0.1) is 0 Å². The molecule has 0 aliphatic carbocycles. The summed E-state index contributed by atoms with van der Waals surface area (Å²) in [5.41, 5.74) is -0.873. The van der Waals surface area contributed by atoms with E-state index in [0.29, 0.717) is 5.30 Å². The molecule has 164 valence electrons. The highest BCUT2D eigenvalue weighted by Gasteiger charge is 2.61. The molecule has 1 aliphatic rings. The van der Waals surface area contributed by atoms with Gasteiger partial charge in [-0.25, -0.2) is 0 Å². The Morgan fingerprint density at radius 2 is 1.33 bits per heavy atom. The Morgan fingerprint density at radius 3 is 1.80 bits per heavy atom. The summed E-state index contributed by atoms with van der Waals surface area (Å²) < 4.78 is 30.8. The Kier molecular flexibility index (Phi) is 7.42. The van der Waals surface area contributed by atoms with Crippen LogP contribution in [-0.4, -0.2) is 53.6 Å². The van der Waals surface area contributed by atoms with E-state index < -0.39 is 60.7 Å². The smallest absolute Gasteiger partial charge is 0.303 e. The molecule has 1 aromatic rings. The van der Waals surface area contributed by atoms with Crippen LogP contribution in [0.25, 0.3) is 0 Å². The average Bonchev–Trinajstić information content (AvgIpc) is 2.65. The van der Waals surface area contributed by atoms with Gasteiger partial charge in [0.05, 0.1) is 5.66 Å². The molecule has 1 N–H and O–H groups in total. The molecule has 0 unspecified atom stereocenters. The second kappa shape index (κ2) is 9.43. The summed E-state index contributed by atoms with van der Waals surface area (Å²) in [6.07, 6.45) is -2.35. The lowest BCUT2D eigenvalue weighted by Gasteiger charge is -2.48. The molecule has 1 saturated heterocycles. The number of nitrogens with one attached hydrogen (secondary N) is 1. The fourth-order valence-corrected chi connectivity index (χ4v) is 7.33. The first-order valence-electron chi connectivity index (χ1n) is 9.42. The predicted molar refractivity (Wildman–Crippen MR) is 107 cm³/mol. The van der Waals surface area contributed by atoms with Gasteiger partial charge in [0.15, 0.2) is 25.2 Å². The van der Waals surface area contributed by atoms with Crippen molar-refractivity contribution in [3.8, 4) is 0 Å². The van der Waals surface area contributed by atoms with Crippen molar-refractivity contribution in [3.05, 3.63) is 30.3 Å². The Morgan fingerprint density at radius 1 is 0.833 bits per heavy atom. The highest BCUT2D eigenvalue weighted by atomic mass is 31.2. The van der Waals surface area contributed by atoms with Gasteiger partial charge in [-0.1, -0.05) is 37.3 Å². The Labute approximate surface area is 174 Å². The zero-order chi connectivity index (χ0) is 22.6. The number of carbonyl (C=O) groups is 4. The molecule has 9 nitrogen and oxygen atoms in total. The van der Waals surface area contributed by atoms with Gasteiger partial charge in [0.1, 0.15) is 6.04 Å². The second-order valence-corrected chi connectivity index (χ2v) is 10.4. The van der Waals surface area contributed by atoms with Crippen molar-refractivity contribution in [1.82, 2.24) is 5.32 Å². The van der Waals surface area contributed by atoms with Crippen molar-refractivity contribution in [2.45, 2.75) is 64.4 Å². The highest BCUT2D eigenvalue weighted by Crippen LogP contribution is 2.61. The molecule has 1 aliphatic heterocycles. The number of ether oxygens (including phenoxy) is 3. The number of rotatable bonds is 5. The van der Waals surface area contributed by atoms with E-state index in [1.807, 2.05) is 0 Å². The summed E-state index contributed by atoms with van der Waals surface area (Å²) in [5.74, 6) is -3.93. The van der Waals surface area contributed by atoms with Crippen LogP contribution in [0.3, 0.4) is 0 Å². The molecule has 0 saturated carbocycles. The Balaban J connectivity index is 2.74.